The predicted molar refractivity (Wildman–Crippen MR) is 90.8 cm³/mol. The van der Waals surface area contributed by atoms with E-state index < -0.39 is 35.8 Å². The van der Waals surface area contributed by atoms with Crippen LogP contribution < -0.4 is 10.6 Å². The number of hydrogen-bond donors (Lipinski definition) is 2. The first kappa shape index (κ1) is 18.6. The van der Waals surface area contributed by atoms with E-state index in [4.69, 9.17) is 21.6 Å². The lowest BCUT2D eigenvalue weighted by Crippen LogP contribution is -2.39. The molecule has 2 N–H and O–H groups in total. The van der Waals surface area contributed by atoms with Crippen LogP contribution in [0.25, 0.3) is 0 Å². The molecule has 1 saturated heterocycles. The first-order valence-electron chi connectivity index (χ1n) is 7.78. The molecule has 0 bridgehead atoms. The minimum absolute atomic E-state index is 0.00553. The number of carbonyl (C=O) groups excluding carboxylic acids is 2. The van der Waals surface area contributed by atoms with Crippen LogP contribution >= 0.6 is 11.6 Å². The van der Waals surface area contributed by atoms with E-state index in [1.165, 1.54) is 24.3 Å². The third kappa shape index (κ3) is 3.99. The summed E-state index contributed by atoms with van der Waals surface area (Å²) in [6, 6.07) is 8.45. The number of nitriles is 1. The van der Waals surface area contributed by atoms with Gasteiger partial charge in [-0.25, -0.2) is 13.6 Å². The summed E-state index contributed by atoms with van der Waals surface area (Å²) in [5.74, 6) is -1.96. The zero-order valence-electron chi connectivity index (χ0n) is 13.6. The number of nitrogens with zero attached hydrogens (tertiary/aromatic N) is 1. The third-order valence-electron chi connectivity index (χ3n) is 3.98. The van der Waals surface area contributed by atoms with Crippen molar-refractivity contribution in [1.82, 2.24) is 10.6 Å². The number of ether oxygens (including phenoxy) is 1. The van der Waals surface area contributed by atoms with Crippen molar-refractivity contribution in [2.24, 2.45) is 0 Å². The molecule has 9 heteroatoms. The summed E-state index contributed by atoms with van der Waals surface area (Å²) in [6.45, 7) is -0.00553. The van der Waals surface area contributed by atoms with Gasteiger partial charge in [-0.15, -0.1) is 0 Å². The number of nitrogens with one attached hydrogen (secondary N) is 2. The summed E-state index contributed by atoms with van der Waals surface area (Å²) < 4.78 is 32.0. The molecule has 1 aliphatic rings. The van der Waals surface area contributed by atoms with Gasteiger partial charge >= 0.3 is 6.09 Å². The zero-order valence-corrected chi connectivity index (χ0v) is 14.4. The second kappa shape index (κ2) is 7.60. The Labute approximate surface area is 157 Å². The van der Waals surface area contributed by atoms with Crippen molar-refractivity contribution in [3.8, 4) is 6.07 Å². The molecular weight excluding hydrogens is 380 g/mol. The van der Waals surface area contributed by atoms with Crippen LogP contribution in [0.15, 0.2) is 36.4 Å². The summed E-state index contributed by atoms with van der Waals surface area (Å²) in [5.41, 5.74) is 0.567. The van der Waals surface area contributed by atoms with E-state index in [0.717, 1.165) is 12.1 Å². The fourth-order valence-electron chi connectivity index (χ4n) is 2.63. The highest BCUT2D eigenvalue weighted by atomic mass is 35.5. The summed E-state index contributed by atoms with van der Waals surface area (Å²) in [5, 5.41) is 13.9. The van der Waals surface area contributed by atoms with E-state index in [2.05, 4.69) is 10.6 Å². The van der Waals surface area contributed by atoms with Crippen LogP contribution in [0.2, 0.25) is 5.02 Å². The van der Waals surface area contributed by atoms with Gasteiger partial charge in [-0.2, -0.15) is 5.26 Å². The van der Waals surface area contributed by atoms with Gasteiger partial charge in [0.05, 0.1) is 23.2 Å². The molecule has 1 aliphatic heterocycles. The molecule has 6 nitrogen and oxygen atoms in total. The number of benzene rings is 2. The Morgan fingerprint density at radius 2 is 1.93 bits per heavy atom. The Kier molecular flexibility index (Phi) is 5.23. The van der Waals surface area contributed by atoms with Gasteiger partial charge < -0.3 is 15.4 Å². The fraction of sp³-hybridized carbons (Fsp3) is 0.167. The lowest BCUT2D eigenvalue weighted by molar-refractivity contribution is -0.128. The van der Waals surface area contributed by atoms with Crippen molar-refractivity contribution < 1.29 is 23.1 Å². The van der Waals surface area contributed by atoms with Crippen molar-refractivity contribution in [1.29, 1.82) is 5.26 Å². The van der Waals surface area contributed by atoms with Crippen LogP contribution in [0.1, 0.15) is 22.7 Å². The number of alkyl carbamates (subject to hydrolysis) is 1. The molecule has 0 aliphatic carbocycles. The van der Waals surface area contributed by atoms with Gasteiger partial charge in [-0.1, -0.05) is 23.7 Å². The predicted octanol–water partition coefficient (Wildman–Crippen LogP) is 2.80. The van der Waals surface area contributed by atoms with Gasteiger partial charge in [0.1, 0.15) is 17.7 Å². The maximum absolute atomic E-state index is 13.7. The highest BCUT2D eigenvalue weighted by Gasteiger charge is 2.31. The zero-order chi connectivity index (χ0) is 19.6. The van der Waals surface area contributed by atoms with Crippen LogP contribution in [0, 0.1) is 23.0 Å². The minimum Gasteiger partial charge on any atom is -0.434 e. The van der Waals surface area contributed by atoms with Crippen LogP contribution in [-0.2, 0) is 9.53 Å². The summed E-state index contributed by atoms with van der Waals surface area (Å²) in [4.78, 5) is 23.6. The number of amides is 2. The van der Waals surface area contributed by atoms with E-state index in [-0.39, 0.29) is 17.1 Å². The molecule has 27 heavy (non-hydrogen) atoms. The highest BCUT2D eigenvalue weighted by molar-refractivity contribution is 6.30. The number of halogens is 3. The molecule has 0 saturated carbocycles. The van der Waals surface area contributed by atoms with E-state index in [1.807, 2.05) is 0 Å². The van der Waals surface area contributed by atoms with Crippen molar-refractivity contribution in [2.75, 3.05) is 6.54 Å². The third-order valence-corrected chi connectivity index (χ3v) is 4.27. The SMILES string of the molecule is N#Cc1cc([C@@H](NC(=O)[C@@H]2CNC(=O)O2)c2ccc(F)c(Cl)c2)ccc1F. The molecule has 2 aromatic carbocycles. The molecular formula is C18H12ClF2N3O3. The molecule has 1 heterocycles. The van der Waals surface area contributed by atoms with E-state index in [9.17, 15) is 18.4 Å². The molecule has 138 valence electrons. The topological polar surface area (TPSA) is 91.2 Å². The van der Waals surface area contributed by atoms with Gasteiger partial charge in [0.25, 0.3) is 5.91 Å². The highest BCUT2D eigenvalue weighted by Crippen LogP contribution is 2.27. The number of carbonyl (C=O) groups is 2. The largest absolute Gasteiger partial charge is 0.434 e. The lowest BCUT2D eigenvalue weighted by Gasteiger charge is -2.22. The number of hydrogen-bond acceptors (Lipinski definition) is 4. The van der Waals surface area contributed by atoms with Gasteiger partial charge in [-0.05, 0) is 35.4 Å². The van der Waals surface area contributed by atoms with Crippen LogP contribution in [0.5, 0.6) is 0 Å². The van der Waals surface area contributed by atoms with Crippen molar-refractivity contribution >= 4 is 23.6 Å². The quantitative estimate of drug-likeness (QED) is 0.838. The second-order valence-corrected chi connectivity index (χ2v) is 6.15. The maximum Gasteiger partial charge on any atom is 0.408 e. The van der Waals surface area contributed by atoms with Gasteiger partial charge in [-0.3, -0.25) is 4.79 Å². The van der Waals surface area contributed by atoms with Gasteiger partial charge in [0.2, 0.25) is 0 Å². The smallest absolute Gasteiger partial charge is 0.408 e. The lowest BCUT2D eigenvalue weighted by atomic mass is 9.96. The molecule has 3 rings (SSSR count). The van der Waals surface area contributed by atoms with Gasteiger partial charge in [0, 0.05) is 0 Å². The van der Waals surface area contributed by atoms with Gasteiger partial charge in [0.15, 0.2) is 6.10 Å². The van der Waals surface area contributed by atoms with Crippen molar-refractivity contribution in [2.45, 2.75) is 12.1 Å². The average Bonchev–Trinajstić information content (AvgIpc) is 3.09. The summed E-state index contributed by atoms with van der Waals surface area (Å²) in [6.07, 6.45) is -1.77. The van der Waals surface area contributed by atoms with Crippen molar-refractivity contribution in [3.05, 3.63) is 69.7 Å². The molecule has 2 aromatic rings. The van der Waals surface area contributed by atoms with Crippen LogP contribution in [-0.4, -0.2) is 24.6 Å². The van der Waals surface area contributed by atoms with E-state index in [0.29, 0.717) is 11.1 Å². The Hall–Kier alpha value is -3.18. The maximum atomic E-state index is 13.7. The Bertz CT molecular complexity index is 961. The summed E-state index contributed by atoms with van der Waals surface area (Å²) >= 11 is 5.83. The molecule has 0 spiro atoms. The Morgan fingerprint density at radius 3 is 2.52 bits per heavy atom. The molecule has 2 amide bonds. The summed E-state index contributed by atoms with van der Waals surface area (Å²) in [7, 11) is 0. The first-order chi connectivity index (χ1) is 12.9. The minimum atomic E-state index is -1.05. The molecule has 0 radical (unpaired) electrons. The molecule has 0 unspecified atom stereocenters. The normalized spacial score (nSPS) is 16.8. The fourth-order valence-corrected chi connectivity index (χ4v) is 2.82. The standard InChI is InChI=1S/C18H12ClF2N3O3/c19-12-6-10(2-4-14(12)21)16(9-1-3-13(20)11(5-9)7-22)24-17(25)15-8-23-18(26)27-15/h1-6,15-16H,8H2,(H,23,26)(H,24,25)/t15-,16+/m0/s1. The van der Waals surface area contributed by atoms with Crippen molar-refractivity contribution in [3.63, 3.8) is 0 Å². The average molecular weight is 392 g/mol. The van der Waals surface area contributed by atoms with E-state index >= 15 is 0 Å². The Balaban J connectivity index is 1.98. The first-order valence-corrected chi connectivity index (χ1v) is 8.16. The second-order valence-electron chi connectivity index (χ2n) is 5.74. The van der Waals surface area contributed by atoms with Crippen LogP contribution in [0.4, 0.5) is 13.6 Å². The number of cyclic esters (lactones) is 1. The number of rotatable bonds is 4. The monoisotopic (exact) mass is 391 g/mol. The molecule has 1 fully saturated rings. The molecule has 2 atom stereocenters. The Morgan fingerprint density at radius 1 is 1.26 bits per heavy atom. The molecule has 0 aromatic heterocycles. The van der Waals surface area contributed by atoms with Crippen LogP contribution in [0.3, 0.4) is 0 Å². The van der Waals surface area contributed by atoms with E-state index in [1.54, 1.807) is 6.07 Å².